The van der Waals surface area contributed by atoms with Crippen molar-refractivity contribution in [3.8, 4) is 11.5 Å². The van der Waals surface area contributed by atoms with Gasteiger partial charge in [0.1, 0.15) is 11.5 Å². The van der Waals surface area contributed by atoms with Crippen LogP contribution in [0.4, 0.5) is 0 Å². The summed E-state index contributed by atoms with van der Waals surface area (Å²) < 4.78 is 6.61. The van der Waals surface area contributed by atoms with Crippen LogP contribution in [0.2, 0.25) is 0 Å². The Hall–Kier alpha value is -2.59. The molecule has 0 aromatic heterocycles. The number of amides is 1. The highest BCUT2D eigenvalue weighted by atomic mass is 79.9. The second-order valence-electron chi connectivity index (χ2n) is 5.87. The zero-order chi connectivity index (χ0) is 18.4. The maximum Gasteiger partial charge on any atom is 0.251 e. The van der Waals surface area contributed by atoms with Gasteiger partial charge in [-0.3, -0.25) is 4.79 Å². The number of ether oxygens (including phenoxy) is 1. The summed E-state index contributed by atoms with van der Waals surface area (Å²) in [5.74, 6) is 1.52. The second kappa shape index (κ2) is 8.68. The van der Waals surface area contributed by atoms with E-state index in [9.17, 15) is 4.79 Å². The van der Waals surface area contributed by atoms with Gasteiger partial charge in [0.2, 0.25) is 0 Å². The van der Waals surface area contributed by atoms with Gasteiger partial charge in [0.05, 0.1) is 0 Å². The van der Waals surface area contributed by atoms with E-state index in [4.69, 9.17) is 4.74 Å². The van der Waals surface area contributed by atoms with E-state index in [2.05, 4.69) is 28.2 Å². The molecule has 26 heavy (non-hydrogen) atoms. The lowest BCUT2D eigenvalue weighted by atomic mass is 10.1. The van der Waals surface area contributed by atoms with Gasteiger partial charge in [-0.1, -0.05) is 52.3 Å². The van der Waals surface area contributed by atoms with E-state index in [1.54, 1.807) is 12.1 Å². The van der Waals surface area contributed by atoms with Gasteiger partial charge in [0.15, 0.2) is 0 Å². The van der Waals surface area contributed by atoms with Gasteiger partial charge < -0.3 is 10.1 Å². The third-order valence-corrected chi connectivity index (χ3v) is 4.65. The fourth-order valence-electron chi connectivity index (χ4n) is 2.46. The number of halogens is 1. The molecule has 0 aliphatic carbocycles. The molecule has 0 heterocycles. The zero-order valence-corrected chi connectivity index (χ0v) is 15.8. The molecule has 4 heteroatoms. The maximum absolute atomic E-state index is 12.2. The van der Waals surface area contributed by atoms with Gasteiger partial charge in [-0.2, -0.15) is 0 Å². The Bertz CT molecular complexity index is 876. The summed E-state index contributed by atoms with van der Waals surface area (Å²) in [6, 6.07) is 23.0. The number of hydrogen-bond acceptors (Lipinski definition) is 2. The first kappa shape index (κ1) is 18.2. The van der Waals surface area contributed by atoms with Crippen molar-refractivity contribution in [2.45, 2.75) is 6.42 Å². The molecule has 3 nitrogen and oxygen atoms in total. The van der Waals surface area contributed by atoms with Gasteiger partial charge in [0.25, 0.3) is 5.91 Å². The number of carbonyl (C=O) groups is 1. The summed E-state index contributed by atoms with van der Waals surface area (Å²) in [5.41, 5.74) is 2.62. The lowest BCUT2D eigenvalue weighted by molar-refractivity contribution is 0.0954. The standard InChI is InChI=1S/C22H19BrNO2/c1-16-7-10-18(15-21(16)23)22(25)24-14-13-17-8-11-20(12-9-17)26-19-5-3-2-4-6-19/h2-12,15H,1,13-14H2,(H,24,25). The van der Waals surface area contributed by atoms with E-state index in [-0.39, 0.29) is 5.91 Å². The van der Waals surface area contributed by atoms with Gasteiger partial charge in [-0.05, 0) is 60.9 Å². The Morgan fingerprint density at radius 1 is 0.962 bits per heavy atom. The Balaban J connectivity index is 1.50. The Kier molecular flexibility index (Phi) is 6.08. The van der Waals surface area contributed by atoms with Crippen LogP contribution in [-0.2, 0) is 6.42 Å². The average molecular weight is 409 g/mol. The molecule has 131 valence electrons. The topological polar surface area (TPSA) is 38.3 Å². The molecule has 3 aromatic rings. The summed E-state index contributed by atoms with van der Waals surface area (Å²) in [4.78, 5) is 12.2. The summed E-state index contributed by atoms with van der Waals surface area (Å²) in [6.45, 7) is 4.44. The number of para-hydroxylation sites is 1. The molecule has 1 radical (unpaired) electrons. The second-order valence-corrected chi connectivity index (χ2v) is 6.73. The highest BCUT2D eigenvalue weighted by Crippen LogP contribution is 2.21. The van der Waals surface area contributed by atoms with Crippen molar-refractivity contribution in [3.05, 3.63) is 101 Å². The zero-order valence-electron chi connectivity index (χ0n) is 14.2. The predicted octanol–water partition coefficient (Wildman–Crippen LogP) is 5.40. The van der Waals surface area contributed by atoms with E-state index >= 15 is 0 Å². The minimum Gasteiger partial charge on any atom is -0.457 e. The number of carbonyl (C=O) groups excluding carboxylic acids is 1. The fraction of sp³-hybridized carbons (Fsp3) is 0.0909. The predicted molar refractivity (Wildman–Crippen MR) is 108 cm³/mol. The van der Waals surface area contributed by atoms with Crippen LogP contribution in [-0.4, -0.2) is 12.5 Å². The lowest BCUT2D eigenvalue weighted by Crippen LogP contribution is -2.25. The smallest absolute Gasteiger partial charge is 0.251 e. The highest BCUT2D eigenvalue weighted by Gasteiger charge is 2.06. The van der Waals surface area contributed by atoms with Crippen molar-refractivity contribution >= 4 is 21.8 Å². The van der Waals surface area contributed by atoms with Crippen molar-refractivity contribution < 1.29 is 9.53 Å². The normalized spacial score (nSPS) is 10.4. The van der Waals surface area contributed by atoms with Crippen LogP contribution >= 0.6 is 15.9 Å². The summed E-state index contributed by atoms with van der Waals surface area (Å²) in [5, 5.41) is 2.94. The molecule has 0 unspecified atom stereocenters. The van der Waals surface area contributed by atoms with Crippen LogP contribution in [0, 0.1) is 6.92 Å². The third-order valence-electron chi connectivity index (χ3n) is 3.92. The fourth-order valence-corrected chi connectivity index (χ4v) is 2.84. The van der Waals surface area contributed by atoms with E-state index in [1.807, 2.05) is 60.7 Å². The molecule has 3 rings (SSSR count). The van der Waals surface area contributed by atoms with Crippen LogP contribution in [0.3, 0.4) is 0 Å². The first-order valence-electron chi connectivity index (χ1n) is 8.33. The SMILES string of the molecule is [CH2]c1ccc(C(=O)NCCc2ccc(Oc3ccccc3)cc2)cc1Br. The summed E-state index contributed by atoms with van der Waals surface area (Å²) in [7, 11) is 0. The molecule has 0 bridgehead atoms. The molecule has 0 saturated heterocycles. The van der Waals surface area contributed by atoms with E-state index in [0.717, 1.165) is 33.5 Å². The summed E-state index contributed by atoms with van der Waals surface area (Å²) >= 11 is 3.40. The minimum absolute atomic E-state index is 0.0882. The molecule has 0 spiro atoms. The van der Waals surface area contributed by atoms with E-state index < -0.39 is 0 Å². The van der Waals surface area contributed by atoms with Crippen molar-refractivity contribution in [1.82, 2.24) is 5.32 Å². The number of benzene rings is 3. The molecule has 0 saturated carbocycles. The third kappa shape index (κ3) is 4.96. The van der Waals surface area contributed by atoms with Crippen molar-refractivity contribution in [2.24, 2.45) is 0 Å². The molecular weight excluding hydrogens is 390 g/mol. The van der Waals surface area contributed by atoms with E-state index in [0.29, 0.717) is 12.1 Å². The monoisotopic (exact) mass is 408 g/mol. The summed E-state index contributed by atoms with van der Waals surface area (Å²) in [6.07, 6.45) is 0.756. The number of rotatable bonds is 6. The molecule has 1 N–H and O–H groups in total. The van der Waals surface area contributed by atoms with Crippen LogP contribution in [0.5, 0.6) is 11.5 Å². The number of nitrogens with one attached hydrogen (secondary N) is 1. The molecule has 0 fully saturated rings. The first-order chi connectivity index (χ1) is 12.6. The average Bonchev–Trinajstić information content (AvgIpc) is 2.66. The molecule has 0 aliphatic heterocycles. The molecule has 1 amide bonds. The molecule has 0 atom stereocenters. The van der Waals surface area contributed by atoms with Crippen molar-refractivity contribution in [3.63, 3.8) is 0 Å². The molecule has 0 aliphatic rings. The van der Waals surface area contributed by atoms with Crippen LogP contribution in [0.15, 0.2) is 77.3 Å². The van der Waals surface area contributed by atoms with Crippen LogP contribution in [0.1, 0.15) is 21.5 Å². The minimum atomic E-state index is -0.0882. The van der Waals surface area contributed by atoms with Crippen LogP contribution < -0.4 is 10.1 Å². The quantitative estimate of drug-likeness (QED) is 0.593. The Morgan fingerprint density at radius 3 is 2.35 bits per heavy atom. The Labute approximate surface area is 162 Å². The van der Waals surface area contributed by atoms with Crippen LogP contribution in [0.25, 0.3) is 0 Å². The largest absolute Gasteiger partial charge is 0.457 e. The first-order valence-corrected chi connectivity index (χ1v) is 9.13. The molecular formula is C22H19BrNO2. The van der Waals surface area contributed by atoms with Crippen molar-refractivity contribution in [2.75, 3.05) is 6.54 Å². The highest BCUT2D eigenvalue weighted by molar-refractivity contribution is 9.10. The van der Waals surface area contributed by atoms with Gasteiger partial charge in [-0.25, -0.2) is 0 Å². The lowest BCUT2D eigenvalue weighted by Gasteiger charge is -2.08. The maximum atomic E-state index is 12.2. The molecule has 3 aromatic carbocycles. The number of hydrogen-bond donors (Lipinski definition) is 1. The van der Waals surface area contributed by atoms with Gasteiger partial charge in [0, 0.05) is 16.6 Å². The Morgan fingerprint density at radius 2 is 1.65 bits per heavy atom. The van der Waals surface area contributed by atoms with Gasteiger partial charge >= 0.3 is 0 Å². The van der Waals surface area contributed by atoms with Crippen molar-refractivity contribution in [1.29, 1.82) is 0 Å². The van der Waals surface area contributed by atoms with E-state index in [1.165, 1.54) is 0 Å². The van der Waals surface area contributed by atoms with Gasteiger partial charge in [-0.15, -0.1) is 0 Å².